The minimum Gasteiger partial charge on any atom is -0.383 e. The van der Waals surface area contributed by atoms with Gasteiger partial charge in [0, 0.05) is 32.8 Å². The maximum atomic E-state index is 5.01. The molecule has 0 aromatic heterocycles. The van der Waals surface area contributed by atoms with Crippen molar-refractivity contribution in [3.63, 3.8) is 0 Å². The molecule has 0 aliphatic carbocycles. The summed E-state index contributed by atoms with van der Waals surface area (Å²) in [5.41, 5.74) is 0. The van der Waals surface area contributed by atoms with Crippen molar-refractivity contribution in [1.82, 2.24) is 15.5 Å². The summed E-state index contributed by atoms with van der Waals surface area (Å²) in [4.78, 5) is 6.87. The molecule has 0 aromatic carbocycles. The summed E-state index contributed by atoms with van der Waals surface area (Å²) in [6.45, 7) is 10.7. The fraction of sp³-hybridized carbons (Fsp3) is 0.923. The monoisotopic (exact) mass is 258 g/mol. The van der Waals surface area contributed by atoms with E-state index in [-0.39, 0.29) is 0 Å². The van der Waals surface area contributed by atoms with Crippen LogP contribution in [0.1, 0.15) is 27.2 Å². The van der Waals surface area contributed by atoms with E-state index in [4.69, 9.17) is 4.74 Å². The van der Waals surface area contributed by atoms with Crippen molar-refractivity contribution in [2.24, 2.45) is 4.99 Å². The number of hydrogen-bond donors (Lipinski definition) is 2. The first kappa shape index (κ1) is 17.2. The van der Waals surface area contributed by atoms with Crippen LogP contribution < -0.4 is 10.6 Å². The highest BCUT2D eigenvalue weighted by atomic mass is 16.5. The van der Waals surface area contributed by atoms with E-state index in [0.717, 1.165) is 32.1 Å². The summed E-state index contributed by atoms with van der Waals surface area (Å²) < 4.78 is 5.01. The van der Waals surface area contributed by atoms with Crippen LogP contribution in [-0.4, -0.2) is 63.8 Å². The molecule has 0 aromatic rings. The van der Waals surface area contributed by atoms with Crippen molar-refractivity contribution in [2.75, 3.05) is 46.9 Å². The van der Waals surface area contributed by atoms with Crippen LogP contribution in [0.2, 0.25) is 0 Å². The molecule has 18 heavy (non-hydrogen) atoms. The molecular weight excluding hydrogens is 228 g/mol. The molecule has 0 fully saturated rings. The topological polar surface area (TPSA) is 48.9 Å². The minimum atomic E-state index is 0.615. The lowest BCUT2D eigenvalue weighted by atomic mass is 10.2. The second-order valence-electron chi connectivity index (χ2n) is 4.42. The first-order valence-corrected chi connectivity index (χ1v) is 6.87. The molecule has 0 radical (unpaired) electrons. The zero-order valence-electron chi connectivity index (χ0n) is 12.6. The van der Waals surface area contributed by atoms with Gasteiger partial charge in [-0.1, -0.05) is 6.92 Å². The molecule has 0 aliphatic heterocycles. The largest absolute Gasteiger partial charge is 0.383 e. The Morgan fingerprint density at radius 2 is 2.06 bits per heavy atom. The van der Waals surface area contributed by atoms with Gasteiger partial charge in [-0.25, -0.2) is 0 Å². The van der Waals surface area contributed by atoms with Gasteiger partial charge in [0.05, 0.1) is 13.2 Å². The number of guanidine groups is 1. The van der Waals surface area contributed by atoms with E-state index in [1.54, 1.807) is 7.11 Å². The molecule has 0 bridgehead atoms. The van der Waals surface area contributed by atoms with Gasteiger partial charge in [-0.2, -0.15) is 0 Å². The molecule has 0 rings (SSSR count). The maximum absolute atomic E-state index is 5.01. The van der Waals surface area contributed by atoms with Crippen LogP contribution in [-0.2, 0) is 4.74 Å². The van der Waals surface area contributed by atoms with E-state index in [1.807, 2.05) is 0 Å². The summed E-state index contributed by atoms with van der Waals surface area (Å²) in [6.07, 6.45) is 1.17. The van der Waals surface area contributed by atoms with Crippen LogP contribution in [0.25, 0.3) is 0 Å². The van der Waals surface area contributed by atoms with Gasteiger partial charge in [0.2, 0.25) is 0 Å². The molecule has 5 heteroatoms. The van der Waals surface area contributed by atoms with Crippen LogP contribution >= 0.6 is 0 Å². The standard InChI is InChI=1S/C13H30N4O/c1-6-12(3)17(4)10-8-15-13(14-7-2)16-9-11-18-5/h12H,6-11H2,1-5H3,(H2,14,15,16). The molecule has 0 spiro atoms. The van der Waals surface area contributed by atoms with Crippen LogP contribution in [0.5, 0.6) is 0 Å². The smallest absolute Gasteiger partial charge is 0.191 e. The highest BCUT2D eigenvalue weighted by Crippen LogP contribution is 1.98. The second kappa shape index (κ2) is 11.3. The van der Waals surface area contributed by atoms with Gasteiger partial charge < -0.3 is 20.3 Å². The third kappa shape index (κ3) is 8.31. The number of hydrogen-bond acceptors (Lipinski definition) is 3. The van der Waals surface area contributed by atoms with Crippen molar-refractivity contribution in [1.29, 1.82) is 0 Å². The van der Waals surface area contributed by atoms with Gasteiger partial charge in [0.15, 0.2) is 5.96 Å². The summed E-state index contributed by atoms with van der Waals surface area (Å²) in [5.74, 6) is 0.868. The molecule has 1 atom stereocenters. The third-order valence-electron chi connectivity index (χ3n) is 3.01. The average Bonchev–Trinajstić information content (AvgIpc) is 2.37. The lowest BCUT2D eigenvalue weighted by Gasteiger charge is -2.22. The summed E-state index contributed by atoms with van der Waals surface area (Å²) in [5, 5.41) is 6.46. The predicted molar refractivity (Wildman–Crippen MR) is 78.2 cm³/mol. The Morgan fingerprint density at radius 3 is 2.61 bits per heavy atom. The minimum absolute atomic E-state index is 0.615. The van der Waals surface area contributed by atoms with Gasteiger partial charge in [-0.15, -0.1) is 0 Å². The van der Waals surface area contributed by atoms with E-state index in [2.05, 4.69) is 48.3 Å². The Morgan fingerprint density at radius 1 is 1.33 bits per heavy atom. The molecule has 5 nitrogen and oxygen atoms in total. The first-order chi connectivity index (χ1) is 8.65. The van der Waals surface area contributed by atoms with E-state index in [1.165, 1.54) is 6.42 Å². The van der Waals surface area contributed by atoms with Crippen LogP contribution in [0.4, 0.5) is 0 Å². The molecule has 0 aliphatic rings. The Hall–Kier alpha value is -0.810. The van der Waals surface area contributed by atoms with Gasteiger partial charge in [-0.05, 0) is 27.3 Å². The van der Waals surface area contributed by atoms with Crippen molar-refractivity contribution >= 4 is 5.96 Å². The first-order valence-electron chi connectivity index (χ1n) is 6.87. The van der Waals surface area contributed by atoms with E-state index in [0.29, 0.717) is 12.6 Å². The van der Waals surface area contributed by atoms with Gasteiger partial charge >= 0.3 is 0 Å². The fourth-order valence-electron chi connectivity index (χ4n) is 1.46. The number of likely N-dealkylation sites (N-methyl/N-ethyl adjacent to an activating group) is 1. The Kier molecular flexibility index (Phi) is 10.8. The third-order valence-corrected chi connectivity index (χ3v) is 3.01. The van der Waals surface area contributed by atoms with Crippen LogP contribution in [0.3, 0.4) is 0 Å². The summed E-state index contributed by atoms with van der Waals surface area (Å²) >= 11 is 0. The zero-order chi connectivity index (χ0) is 13.8. The SMILES string of the molecule is CCNC(=NCCN(C)C(C)CC)NCCOC. The molecule has 0 heterocycles. The van der Waals surface area contributed by atoms with Crippen LogP contribution in [0.15, 0.2) is 4.99 Å². The molecular formula is C13H30N4O. The van der Waals surface area contributed by atoms with E-state index in [9.17, 15) is 0 Å². The second-order valence-corrected chi connectivity index (χ2v) is 4.42. The average molecular weight is 258 g/mol. The maximum Gasteiger partial charge on any atom is 0.191 e. The number of methoxy groups -OCH3 is 1. The Balaban J connectivity index is 3.98. The number of nitrogens with zero attached hydrogens (tertiary/aromatic N) is 2. The van der Waals surface area contributed by atoms with Crippen molar-refractivity contribution < 1.29 is 4.74 Å². The Labute approximate surface area is 112 Å². The van der Waals surface area contributed by atoms with Gasteiger partial charge in [0.25, 0.3) is 0 Å². The number of rotatable bonds is 9. The quantitative estimate of drug-likeness (QED) is 0.367. The molecule has 108 valence electrons. The highest BCUT2D eigenvalue weighted by molar-refractivity contribution is 5.79. The van der Waals surface area contributed by atoms with Crippen LogP contribution in [0, 0.1) is 0 Å². The Bertz CT molecular complexity index is 221. The van der Waals surface area contributed by atoms with E-state index < -0.39 is 0 Å². The van der Waals surface area contributed by atoms with Crippen molar-refractivity contribution in [3.8, 4) is 0 Å². The zero-order valence-corrected chi connectivity index (χ0v) is 12.6. The van der Waals surface area contributed by atoms with Gasteiger partial charge in [-0.3, -0.25) is 4.99 Å². The van der Waals surface area contributed by atoms with Crippen molar-refractivity contribution in [3.05, 3.63) is 0 Å². The highest BCUT2D eigenvalue weighted by Gasteiger charge is 2.05. The normalized spacial score (nSPS) is 13.8. The molecule has 2 N–H and O–H groups in total. The molecule has 0 saturated heterocycles. The number of nitrogens with one attached hydrogen (secondary N) is 2. The fourth-order valence-corrected chi connectivity index (χ4v) is 1.46. The lowest BCUT2D eigenvalue weighted by molar-refractivity contribution is 0.203. The van der Waals surface area contributed by atoms with E-state index >= 15 is 0 Å². The molecule has 0 amide bonds. The van der Waals surface area contributed by atoms with Gasteiger partial charge in [0.1, 0.15) is 0 Å². The summed E-state index contributed by atoms with van der Waals surface area (Å²) in [6, 6.07) is 0.615. The molecule has 1 unspecified atom stereocenters. The molecule has 0 saturated carbocycles. The number of aliphatic imine (C=N–C) groups is 1. The number of ether oxygens (including phenoxy) is 1. The van der Waals surface area contributed by atoms with Crippen molar-refractivity contribution in [2.45, 2.75) is 33.2 Å². The lowest BCUT2D eigenvalue weighted by Crippen LogP contribution is -2.39. The predicted octanol–water partition coefficient (Wildman–Crippen LogP) is 0.918. The summed E-state index contributed by atoms with van der Waals surface area (Å²) in [7, 11) is 3.85.